The lowest BCUT2D eigenvalue weighted by molar-refractivity contribution is -0.308. The summed E-state index contributed by atoms with van der Waals surface area (Å²) in [5, 5.41) is 11.4. The van der Waals surface area contributed by atoms with Gasteiger partial charge in [0.15, 0.2) is 0 Å². The van der Waals surface area contributed by atoms with Crippen molar-refractivity contribution in [1.82, 2.24) is 0 Å². The van der Waals surface area contributed by atoms with E-state index in [-0.39, 0.29) is 0 Å². The predicted octanol–water partition coefficient (Wildman–Crippen LogP) is 1.61. The third-order valence-electron chi connectivity index (χ3n) is 2.68. The van der Waals surface area contributed by atoms with E-state index >= 15 is 0 Å². The van der Waals surface area contributed by atoms with Crippen LogP contribution in [0.1, 0.15) is 11.1 Å². The van der Waals surface area contributed by atoms with E-state index in [1.165, 1.54) is 0 Å². The van der Waals surface area contributed by atoms with Crippen LogP contribution in [-0.4, -0.2) is 5.97 Å². The molecule has 2 aromatic rings. The Kier molecular flexibility index (Phi) is 3.20. The summed E-state index contributed by atoms with van der Waals surface area (Å²) in [6, 6.07) is 17.7. The molecule has 0 radical (unpaired) electrons. The molecule has 0 saturated heterocycles. The number of hydrogen-bond acceptors (Lipinski definition) is 3. The predicted molar refractivity (Wildman–Crippen MR) is 67.7 cm³/mol. The number of carbonyl (C=O) groups is 1. The maximum Gasteiger partial charge on any atom is 0.102 e. The van der Waals surface area contributed by atoms with Crippen LogP contribution < -0.4 is 5.11 Å². The standard InChI is InChI=1S/C14H12O2S/c15-13(16)14(17,11-7-3-1-4-8-11)12-9-5-2-6-10-12/h1-10,17H,(H,15,16)/p-1. The van der Waals surface area contributed by atoms with Crippen molar-refractivity contribution in [1.29, 1.82) is 0 Å². The van der Waals surface area contributed by atoms with E-state index in [1.807, 2.05) is 12.1 Å². The van der Waals surface area contributed by atoms with Gasteiger partial charge in [-0.2, -0.15) is 12.6 Å². The van der Waals surface area contributed by atoms with Gasteiger partial charge in [0.2, 0.25) is 0 Å². The first-order valence-electron chi connectivity index (χ1n) is 5.20. The van der Waals surface area contributed by atoms with Gasteiger partial charge in [0, 0.05) is 0 Å². The largest absolute Gasteiger partial charge is 0.548 e. The highest BCUT2D eigenvalue weighted by molar-refractivity contribution is 7.82. The lowest BCUT2D eigenvalue weighted by Crippen LogP contribution is -2.42. The second-order valence-corrected chi connectivity index (χ2v) is 4.40. The van der Waals surface area contributed by atoms with E-state index in [4.69, 9.17) is 0 Å². The van der Waals surface area contributed by atoms with Crippen molar-refractivity contribution in [3.05, 3.63) is 71.8 Å². The van der Waals surface area contributed by atoms with Crippen LogP contribution in [0, 0.1) is 0 Å². The summed E-state index contributed by atoms with van der Waals surface area (Å²) in [6.07, 6.45) is 0. The number of rotatable bonds is 3. The molecule has 0 fully saturated rings. The van der Waals surface area contributed by atoms with Crippen molar-refractivity contribution in [2.75, 3.05) is 0 Å². The number of carboxylic acids is 1. The van der Waals surface area contributed by atoms with Gasteiger partial charge in [0.25, 0.3) is 0 Å². The number of aliphatic carboxylic acids is 1. The Morgan fingerprint density at radius 3 is 1.53 bits per heavy atom. The molecule has 0 aromatic heterocycles. The van der Waals surface area contributed by atoms with Crippen molar-refractivity contribution in [2.24, 2.45) is 0 Å². The summed E-state index contributed by atoms with van der Waals surface area (Å²) in [6.45, 7) is 0. The van der Waals surface area contributed by atoms with Gasteiger partial charge in [0.1, 0.15) is 4.75 Å². The van der Waals surface area contributed by atoms with Gasteiger partial charge < -0.3 is 9.90 Å². The summed E-state index contributed by atoms with van der Waals surface area (Å²) < 4.78 is -1.41. The molecule has 2 nitrogen and oxygen atoms in total. The Hall–Kier alpha value is -1.74. The monoisotopic (exact) mass is 243 g/mol. The number of hydrogen-bond donors (Lipinski definition) is 1. The van der Waals surface area contributed by atoms with E-state index in [0.29, 0.717) is 11.1 Å². The molecule has 0 saturated carbocycles. The topological polar surface area (TPSA) is 40.1 Å². The second kappa shape index (κ2) is 4.63. The van der Waals surface area contributed by atoms with E-state index in [0.717, 1.165) is 0 Å². The molecule has 3 heteroatoms. The van der Waals surface area contributed by atoms with Crippen LogP contribution in [-0.2, 0) is 9.54 Å². The Morgan fingerprint density at radius 2 is 1.24 bits per heavy atom. The molecule has 86 valence electrons. The average Bonchev–Trinajstić information content (AvgIpc) is 2.39. The third kappa shape index (κ3) is 2.06. The first kappa shape index (κ1) is 11.7. The van der Waals surface area contributed by atoms with Gasteiger partial charge in [-0.3, -0.25) is 0 Å². The first-order chi connectivity index (χ1) is 8.15. The average molecular weight is 243 g/mol. The van der Waals surface area contributed by atoms with E-state index in [9.17, 15) is 9.90 Å². The van der Waals surface area contributed by atoms with Gasteiger partial charge in [-0.25, -0.2) is 0 Å². The Morgan fingerprint density at radius 1 is 0.882 bits per heavy atom. The minimum Gasteiger partial charge on any atom is -0.548 e. The molecule has 0 aliphatic carbocycles. The number of benzene rings is 2. The molecule has 17 heavy (non-hydrogen) atoms. The normalized spacial score (nSPS) is 11.1. The highest BCUT2D eigenvalue weighted by Gasteiger charge is 2.31. The second-order valence-electron chi connectivity index (χ2n) is 3.73. The molecule has 2 rings (SSSR count). The summed E-state index contributed by atoms with van der Waals surface area (Å²) in [7, 11) is 0. The first-order valence-corrected chi connectivity index (χ1v) is 5.65. The number of thiol groups is 1. The molecule has 0 atom stereocenters. The highest BCUT2D eigenvalue weighted by atomic mass is 32.1. The van der Waals surface area contributed by atoms with Crippen LogP contribution in [0.4, 0.5) is 0 Å². The zero-order chi connectivity index (χ0) is 12.3. The molecule has 0 aliphatic rings. The highest BCUT2D eigenvalue weighted by Crippen LogP contribution is 2.35. The van der Waals surface area contributed by atoms with Gasteiger partial charge in [-0.1, -0.05) is 60.7 Å². The smallest absolute Gasteiger partial charge is 0.102 e. The van der Waals surface area contributed by atoms with Crippen molar-refractivity contribution in [3.8, 4) is 0 Å². The SMILES string of the molecule is O=C([O-])C(S)(c1ccccc1)c1ccccc1. The maximum absolute atomic E-state index is 11.4. The molecule has 0 bridgehead atoms. The Labute approximate surface area is 105 Å². The molecular formula is C14H11O2S-. The van der Waals surface area contributed by atoms with Crippen LogP contribution in [0.2, 0.25) is 0 Å². The summed E-state index contributed by atoms with van der Waals surface area (Å²) >= 11 is 4.33. The van der Waals surface area contributed by atoms with Crippen molar-refractivity contribution in [3.63, 3.8) is 0 Å². The molecule has 0 amide bonds. The zero-order valence-electron chi connectivity index (χ0n) is 9.04. The lowest BCUT2D eigenvalue weighted by atomic mass is 9.90. The van der Waals surface area contributed by atoms with E-state index < -0.39 is 10.7 Å². The van der Waals surface area contributed by atoms with Gasteiger partial charge in [-0.05, 0) is 11.1 Å². The summed E-state index contributed by atoms with van der Waals surface area (Å²) in [5.41, 5.74) is 1.18. The molecule has 0 aliphatic heterocycles. The fraction of sp³-hybridized carbons (Fsp3) is 0.0714. The lowest BCUT2D eigenvalue weighted by Gasteiger charge is -2.30. The molecule has 2 aromatic carbocycles. The number of carboxylic acid groups (broad SMARTS) is 1. The zero-order valence-corrected chi connectivity index (χ0v) is 9.93. The summed E-state index contributed by atoms with van der Waals surface area (Å²) in [4.78, 5) is 11.4. The summed E-state index contributed by atoms with van der Waals surface area (Å²) in [5.74, 6) is -1.22. The van der Waals surface area contributed by atoms with Crippen LogP contribution >= 0.6 is 12.6 Å². The molecule has 0 N–H and O–H groups in total. The van der Waals surface area contributed by atoms with Gasteiger partial charge >= 0.3 is 0 Å². The fourth-order valence-corrected chi connectivity index (χ4v) is 2.06. The van der Waals surface area contributed by atoms with Crippen LogP contribution in [0.5, 0.6) is 0 Å². The fourth-order valence-electron chi connectivity index (χ4n) is 1.76. The number of carbonyl (C=O) groups excluding carboxylic acids is 1. The van der Waals surface area contributed by atoms with E-state index in [1.54, 1.807) is 48.5 Å². The molecule has 0 unspecified atom stereocenters. The van der Waals surface area contributed by atoms with Gasteiger partial charge in [-0.15, -0.1) is 0 Å². The molecule has 0 spiro atoms. The quantitative estimate of drug-likeness (QED) is 0.832. The van der Waals surface area contributed by atoms with Crippen LogP contribution in [0.25, 0.3) is 0 Å². The minimum atomic E-state index is -1.41. The Bertz CT molecular complexity index is 469. The van der Waals surface area contributed by atoms with Crippen LogP contribution in [0.15, 0.2) is 60.7 Å². The van der Waals surface area contributed by atoms with Crippen molar-refractivity contribution < 1.29 is 9.90 Å². The Balaban J connectivity index is 2.59. The van der Waals surface area contributed by atoms with E-state index in [2.05, 4.69) is 12.6 Å². The third-order valence-corrected chi connectivity index (χ3v) is 3.38. The molecular weight excluding hydrogens is 232 g/mol. The van der Waals surface area contributed by atoms with Crippen LogP contribution in [0.3, 0.4) is 0 Å². The van der Waals surface area contributed by atoms with Gasteiger partial charge in [0.05, 0.1) is 5.97 Å². The van der Waals surface area contributed by atoms with Crippen molar-refractivity contribution in [2.45, 2.75) is 4.75 Å². The maximum atomic E-state index is 11.4. The molecule has 0 heterocycles. The van der Waals surface area contributed by atoms with Crippen molar-refractivity contribution >= 4 is 18.6 Å². The minimum absolute atomic E-state index is 0.592.